The highest BCUT2D eigenvalue weighted by molar-refractivity contribution is 7.90. The molecular weight excluding hydrogens is 368 g/mol. The normalized spacial score (nSPS) is 14.3. The number of amides is 2. The molecule has 8 heteroatoms. The molecule has 0 aromatic heterocycles. The third kappa shape index (κ3) is 4.85. The van der Waals surface area contributed by atoms with E-state index in [1.165, 1.54) is 24.3 Å². The van der Waals surface area contributed by atoms with Crippen LogP contribution < -0.4 is 15.0 Å². The number of sulfone groups is 1. The Morgan fingerprint density at radius 3 is 2.33 bits per heavy atom. The van der Waals surface area contributed by atoms with Crippen LogP contribution in [0.2, 0.25) is 0 Å². The molecule has 1 aliphatic rings. The molecule has 1 saturated heterocycles. The predicted molar refractivity (Wildman–Crippen MR) is 102 cm³/mol. The lowest BCUT2D eigenvalue weighted by atomic mass is 10.3. The molecule has 1 aliphatic heterocycles. The summed E-state index contributed by atoms with van der Waals surface area (Å²) >= 11 is 0. The van der Waals surface area contributed by atoms with Crippen molar-refractivity contribution in [1.82, 2.24) is 0 Å². The number of hydrogen-bond donors (Lipinski definition) is 1. The van der Waals surface area contributed by atoms with Crippen LogP contribution in [0.4, 0.5) is 11.4 Å². The number of carbonyl (C=O) groups excluding carboxylic acids is 2. The van der Waals surface area contributed by atoms with E-state index in [9.17, 15) is 18.0 Å². The van der Waals surface area contributed by atoms with Crippen molar-refractivity contribution in [3.05, 3.63) is 48.5 Å². The van der Waals surface area contributed by atoms with Crippen LogP contribution in [0.25, 0.3) is 0 Å². The first kappa shape index (κ1) is 18.9. The summed E-state index contributed by atoms with van der Waals surface area (Å²) in [5.41, 5.74) is 1.30. The SMILES string of the molecule is CS(=O)(=O)c1ccc(NC(=O)COc2ccc(N3CCCC3=O)cc2)cc1. The Balaban J connectivity index is 1.52. The van der Waals surface area contributed by atoms with E-state index in [1.54, 1.807) is 29.2 Å². The molecule has 0 bridgehead atoms. The molecule has 27 heavy (non-hydrogen) atoms. The fourth-order valence-corrected chi connectivity index (χ4v) is 3.41. The van der Waals surface area contributed by atoms with Gasteiger partial charge in [-0.15, -0.1) is 0 Å². The summed E-state index contributed by atoms with van der Waals surface area (Å²) in [5, 5.41) is 2.64. The van der Waals surface area contributed by atoms with Crippen LogP contribution in [0.3, 0.4) is 0 Å². The number of anilines is 2. The average molecular weight is 388 g/mol. The number of ether oxygens (including phenoxy) is 1. The Labute approximate surface area is 157 Å². The van der Waals surface area contributed by atoms with Gasteiger partial charge in [0.25, 0.3) is 5.91 Å². The van der Waals surface area contributed by atoms with Crippen molar-refractivity contribution in [3.63, 3.8) is 0 Å². The van der Waals surface area contributed by atoms with Crippen LogP contribution in [0.5, 0.6) is 5.75 Å². The van der Waals surface area contributed by atoms with Gasteiger partial charge in [-0.3, -0.25) is 9.59 Å². The number of nitrogens with zero attached hydrogens (tertiary/aromatic N) is 1. The van der Waals surface area contributed by atoms with Gasteiger partial charge in [0.2, 0.25) is 5.91 Å². The van der Waals surface area contributed by atoms with Gasteiger partial charge in [0, 0.05) is 30.6 Å². The van der Waals surface area contributed by atoms with Gasteiger partial charge in [0.1, 0.15) is 5.75 Å². The van der Waals surface area contributed by atoms with Crippen molar-refractivity contribution in [2.45, 2.75) is 17.7 Å². The Hall–Kier alpha value is -2.87. The van der Waals surface area contributed by atoms with Crippen LogP contribution in [-0.4, -0.2) is 39.6 Å². The second-order valence-corrected chi connectivity index (χ2v) is 8.29. The summed E-state index contributed by atoms with van der Waals surface area (Å²) in [5.74, 6) is 0.277. The number of hydrogen-bond acceptors (Lipinski definition) is 5. The third-order valence-electron chi connectivity index (χ3n) is 4.16. The van der Waals surface area contributed by atoms with Crippen LogP contribution in [-0.2, 0) is 19.4 Å². The summed E-state index contributed by atoms with van der Waals surface area (Å²) in [6.45, 7) is 0.537. The van der Waals surface area contributed by atoms with Crippen LogP contribution in [0, 0.1) is 0 Å². The van der Waals surface area contributed by atoms with Gasteiger partial charge in [-0.1, -0.05) is 0 Å². The van der Waals surface area contributed by atoms with E-state index >= 15 is 0 Å². The van der Waals surface area contributed by atoms with Gasteiger partial charge in [0.15, 0.2) is 16.4 Å². The van der Waals surface area contributed by atoms with E-state index in [0.717, 1.165) is 24.9 Å². The van der Waals surface area contributed by atoms with E-state index in [0.29, 0.717) is 17.9 Å². The topological polar surface area (TPSA) is 92.8 Å². The maximum absolute atomic E-state index is 12.0. The van der Waals surface area contributed by atoms with Crippen LogP contribution >= 0.6 is 0 Å². The molecule has 142 valence electrons. The van der Waals surface area contributed by atoms with Gasteiger partial charge in [-0.2, -0.15) is 0 Å². The Morgan fingerprint density at radius 2 is 1.78 bits per heavy atom. The monoisotopic (exact) mass is 388 g/mol. The molecule has 2 amide bonds. The minimum Gasteiger partial charge on any atom is -0.484 e. The van der Waals surface area contributed by atoms with E-state index < -0.39 is 9.84 Å². The van der Waals surface area contributed by atoms with Crippen molar-refractivity contribution >= 4 is 33.0 Å². The van der Waals surface area contributed by atoms with Crippen molar-refractivity contribution in [2.75, 3.05) is 29.6 Å². The Kier molecular flexibility index (Phi) is 5.46. The van der Waals surface area contributed by atoms with Crippen molar-refractivity contribution in [1.29, 1.82) is 0 Å². The zero-order chi connectivity index (χ0) is 19.4. The van der Waals surface area contributed by atoms with Crippen molar-refractivity contribution < 1.29 is 22.7 Å². The van der Waals surface area contributed by atoms with Gasteiger partial charge >= 0.3 is 0 Å². The van der Waals surface area contributed by atoms with Crippen LogP contribution in [0.1, 0.15) is 12.8 Å². The van der Waals surface area contributed by atoms with E-state index in [1.807, 2.05) is 0 Å². The second kappa shape index (κ2) is 7.79. The molecule has 1 N–H and O–H groups in total. The number of carbonyl (C=O) groups is 2. The van der Waals surface area contributed by atoms with Gasteiger partial charge in [0.05, 0.1) is 4.90 Å². The average Bonchev–Trinajstić information content (AvgIpc) is 3.06. The zero-order valence-electron chi connectivity index (χ0n) is 14.8. The molecule has 1 heterocycles. The van der Waals surface area contributed by atoms with Crippen LogP contribution in [0.15, 0.2) is 53.4 Å². The molecule has 0 saturated carbocycles. The minimum atomic E-state index is -3.27. The molecule has 2 aromatic carbocycles. The Morgan fingerprint density at radius 1 is 1.11 bits per heavy atom. The highest BCUT2D eigenvalue weighted by atomic mass is 32.2. The molecule has 7 nitrogen and oxygen atoms in total. The largest absolute Gasteiger partial charge is 0.484 e. The number of benzene rings is 2. The van der Waals surface area contributed by atoms with Crippen molar-refractivity contribution in [2.24, 2.45) is 0 Å². The lowest BCUT2D eigenvalue weighted by Crippen LogP contribution is -2.23. The van der Waals surface area contributed by atoms with E-state index in [2.05, 4.69) is 5.32 Å². The smallest absolute Gasteiger partial charge is 0.262 e. The maximum Gasteiger partial charge on any atom is 0.262 e. The highest BCUT2D eigenvalue weighted by Crippen LogP contribution is 2.24. The molecule has 0 atom stereocenters. The van der Waals surface area contributed by atoms with Crippen molar-refractivity contribution in [3.8, 4) is 5.75 Å². The first-order valence-corrected chi connectivity index (χ1v) is 10.4. The highest BCUT2D eigenvalue weighted by Gasteiger charge is 2.21. The standard InChI is InChI=1S/C19H20N2O5S/c1-27(24,25)17-10-4-14(5-11-17)20-18(22)13-26-16-8-6-15(7-9-16)21-12-2-3-19(21)23/h4-11H,2-3,12-13H2,1H3,(H,20,22). The van der Waals surface area contributed by atoms with Gasteiger partial charge < -0.3 is 15.0 Å². The van der Waals surface area contributed by atoms with E-state index in [-0.39, 0.29) is 23.3 Å². The Bertz CT molecular complexity index is 937. The number of nitrogens with one attached hydrogen (secondary N) is 1. The molecule has 2 aromatic rings. The lowest BCUT2D eigenvalue weighted by Gasteiger charge is -2.16. The third-order valence-corrected chi connectivity index (χ3v) is 5.29. The summed E-state index contributed by atoms with van der Waals surface area (Å²) in [6, 6.07) is 12.9. The molecule has 1 fully saturated rings. The molecule has 0 unspecified atom stereocenters. The first-order chi connectivity index (χ1) is 12.8. The summed E-state index contributed by atoms with van der Waals surface area (Å²) < 4.78 is 28.3. The molecule has 0 aliphatic carbocycles. The minimum absolute atomic E-state index is 0.116. The van der Waals surface area contributed by atoms with E-state index in [4.69, 9.17) is 4.74 Å². The molecule has 3 rings (SSSR count). The lowest BCUT2D eigenvalue weighted by molar-refractivity contribution is -0.118. The zero-order valence-corrected chi connectivity index (χ0v) is 15.7. The summed E-state index contributed by atoms with van der Waals surface area (Å²) in [7, 11) is -3.27. The first-order valence-electron chi connectivity index (χ1n) is 8.46. The fraction of sp³-hybridized carbons (Fsp3) is 0.263. The summed E-state index contributed by atoms with van der Waals surface area (Å²) in [4.78, 5) is 25.6. The summed E-state index contributed by atoms with van der Waals surface area (Å²) in [6.07, 6.45) is 2.56. The maximum atomic E-state index is 12.0. The van der Waals surface area contributed by atoms with Gasteiger partial charge in [-0.05, 0) is 55.0 Å². The molecule has 0 radical (unpaired) electrons. The number of rotatable bonds is 6. The molecular formula is C19H20N2O5S. The quantitative estimate of drug-likeness (QED) is 0.819. The predicted octanol–water partition coefficient (Wildman–Crippen LogP) is 2.23. The fourth-order valence-electron chi connectivity index (χ4n) is 2.77. The molecule has 0 spiro atoms. The van der Waals surface area contributed by atoms with Gasteiger partial charge in [-0.25, -0.2) is 8.42 Å². The second-order valence-electron chi connectivity index (χ2n) is 6.28.